The number of carbonyl (C=O) groups is 1. The van der Waals surface area contributed by atoms with Crippen LogP contribution in [-0.4, -0.2) is 47.7 Å². The van der Waals surface area contributed by atoms with Crippen LogP contribution < -0.4 is 14.8 Å². The lowest BCUT2D eigenvalue weighted by Gasteiger charge is -2.26. The van der Waals surface area contributed by atoms with E-state index in [-0.39, 0.29) is 5.91 Å². The van der Waals surface area contributed by atoms with Gasteiger partial charge in [-0.05, 0) is 49.7 Å². The van der Waals surface area contributed by atoms with Crippen molar-refractivity contribution in [1.82, 2.24) is 10.1 Å². The first-order valence-electron chi connectivity index (χ1n) is 11.0. The van der Waals surface area contributed by atoms with E-state index in [9.17, 15) is 4.79 Å². The zero-order valence-corrected chi connectivity index (χ0v) is 20.0. The summed E-state index contributed by atoms with van der Waals surface area (Å²) in [4.78, 5) is 15.3. The van der Waals surface area contributed by atoms with Crippen molar-refractivity contribution < 1.29 is 18.8 Å². The van der Waals surface area contributed by atoms with Gasteiger partial charge in [-0.1, -0.05) is 17.3 Å². The predicted molar refractivity (Wildman–Crippen MR) is 130 cm³/mol. The van der Waals surface area contributed by atoms with E-state index in [1.165, 1.54) is 17.1 Å². The van der Waals surface area contributed by atoms with E-state index < -0.39 is 0 Å². The molecule has 1 fully saturated rings. The summed E-state index contributed by atoms with van der Waals surface area (Å²) in [5.41, 5.74) is 4.20. The zero-order chi connectivity index (χ0) is 23.2. The van der Waals surface area contributed by atoms with E-state index in [2.05, 4.69) is 27.5 Å². The highest BCUT2D eigenvalue weighted by atomic mass is 32.2. The van der Waals surface area contributed by atoms with Crippen LogP contribution in [0.2, 0.25) is 0 Å². The first-order chi connectivity index (χ1) is 16.0. The second-order valence-electron chi connectivity index (χ2n) is 8.00. The van der Waals surface area contributed by atoms with Crippen molar-refractivity contribution in [2.24, 2.45) is 0 Å². The van der Waals surface area contributed by atoms with Crippen LogP contribution >= 0.6 is 11.8 Å². The smallest absolute Gasteiger partial charge is 0.255 e. The third-order valence-electron chi connectivity index (χ3n) is 5.70. The Morgan fingerprint density at radius 1 is 1.12 bits per heavy atom. The molecule has 8 heteroatoms. The number of benzene rings is 2. The molecule has 1 amide bonds. The number of hydrogen-bond acceptors (Lipinski definition) is 7. The highest BCUT2D eigenvalue weighted by Crippen LogP contribution is 2.30. The van der Waals surface area contributed by atoms with Crippen LogP contribution in [0.25, 0.3) is 0 Å². The van der Waals surface area contributed by atoms with E-state index in [4.69, 9.17) is 14.0 Å². The van der Waals surface area contributed by atoms with Gasteiger partial charge in [-0.15, -0.1) is 0 Å². The molecule has 2 aromatic carbocycles. The Morgan fingerprint density at radius 3 is 2.55 bits per heavy atom. The fourth-order valence-corrected chi connectivity index (χ4v) is 4.68. The summed E-state index contributed by atoms with van der Waals surface area (Å²) < 4.78 is 16.5. The van der Waals surface area contributed by atoms with Crippen LogP contribution in [0.15, 0.2) is 47.0 Å². The SMILES string of the molecule is COc1cc(C(=O)Nc2ccc(CN3CCSCC3)cc2)ccc1OCc1c(C)noc1C. The maximum absolute atomic E-state index is 12.8. The lowest BCUT2D eigenvalue weighted by atomic mass is 10.1. The molecular formula is C25H29N3O4S. The lowest BCUT2D eigenvalue weighted by molar-refractivity contribution is 0.102. The standard InChI is InChI=1S/C25H29N3O4S/c1-17-22(18(2)32-27-17)16-31-23-9-6-20(14-24(23)30-3)25(29)26-21-7-4-19(5-8-21)15-28-10-12-33-13-11-28/h4-9,14H,10-13,15-16H2,1-3H3,(H,26,29). The number of aryl methyl sites for hydroxylation is 2. The number of nitrogens with zero attached hydrogens (tertiary/aromatic N) is 2. The van der Waals surface area contributed by atoms with Crippen LogP contribution in [0, 0.1) is 13.8 Å². The zero-order valence-electron chi connectivity index (χ0n) is 19.2. The van der Waals surface area contributed by atoms with Crippen molar-refractivity contribution in [3.63, 3.8) is 0 Å². The van der Waals surface area contributed by atoms with Crippen molar-refractivity contribution in [2.75, 3.05) is 37.0 Å². The van der Waals surface area contributed by atoms with E-state index in [1.54, 1.807) is 25.3 Å². The van der Waals surface area contributed by atoms with Crippen LogP contribution in [0.4, 0.5) is 5.69 Å². The average molecular weight is 468 g/mol. The molecule has 1 aromatic heterocycles. The van der Waals surface area contributed by atoms with Gasteiger partial charge in [0.15, 0.2) is 11.5 Å². The molecule has 7 nitrogen and oxygen atoms in total. The Hall–Kier alpha value is -2.97. The number of amides is 1. The average Bonchev–Trinajstić information content (AvgIpc) is 3.16. The van der Waals surface area contributed by atoms with Crippen molar-refractivity contribution in [1.29, 1.82) is 0 Å². The van der Waals surface area contributed by atoms with Crippen molar-refractivity contribution in [3.05, 3.63) is 70.6 Å². The molecule has 1 aliphatic rings. The van der Waals surface area contributed by atoms with Crippen LogP contribution in [-0.2, 0) is 13.2 Å². The number of rotatable bonds is 8. The third kappa shape index (κ3) is 5.89. The van der Waals surface area contributed by atoms with Gasteiger partial charge in [0, 0.05) is 42.4 Å². The third-order valence-corrected chi connectivity index (χ3v) is 6.64. The van der Waals surface area contributed by atoms with Crippen LogP contribution in [0.1, 0.15) is 32.9 Å². The number of methoxy groups -OCH3 is 1. The van der Waals surface area contributed by atoms with Gasteiger partial charge in [0.2, 0.25) is 0 Å². The normalized spacial score (nSPS) is 14.2. The molecule has 2 heterocycles. The summed E-state index contributed by atoms with van der Waals surface area (Å²) in [5.74, 6) is 3.96. The van der Waals surface area contributed by atoms with Gasteiger partial charge in [0.05, 0.1) is 18.4 Å². The van der Waals surface area contributed by atoms with E-state index in [1.807, 2.05) is 37.7 Å². The van der Waals surface area contributed by atoms with E-state index >= 15 is 0 Å². The van der Waals surface area contributed by atoms with E-state index in [0.717, 1.165) is 42.3 Å². The Morgan fingerprint density at radius 2 is 1.88 bits per heavy atom. The minimum absolute atomic E-state index is 0.202. The Labute approximate surface area is 198 Å². The number of aromatic nitrogens is 1. The van der Waals surface area contributed by atoms with Gasteiger partial charge in [-0.25, -0.2) is 0 Å². The molecular weight excluding hydrogens is 438 g/mol. The molecule has 0 atom stereocenters. The summed E-state index contributed by atoms with van der Waals surface area (Å²) in [6.45, 7) is 7.24. The minimum Gasteiger partial charge on any atom is -0.493 e. The molecule has 4 rings (SSSR count). The lowest BCUT2D eigenvalue weighted by Crippen LogP contribution is -2.31. The van der Waals surface area contributed by atoms with Gasteiger partial charge in [-0.2, -0.15) is 11.8 Å². The second kappa shape index (κ2) is 10.8. The number of hydrogen-bond donors (Lipinski definition) is 1. The summed E-state index contributed by atoms with van der Waals surface area (Å²) in [6.07, 6.45) is 0. The number of nitrogens with one attached hydrogen (secondary N) is 1. The molecule has 174 valence electrons. The molecule has 3 aromatic rings. The van der Waals surface area contributed by atoms with Gasteiger partial charge in [-0.3, -0.25) is 9.69 Å². The van der Waals surface area contributed by atoms with Crippen molar-refractivity contribution in [3.8, 4) is 11.5 Å². The maximum atomic E-state index is 12.8. The van der Waals surface area contributed by atoms with Gasteiger partial charge >= 0.3 is 0 Å². The molecule has 0 bridgehead atoms. The molecule has 33 heavy (non-hydrogen) atoms. The predicted octanol–water partition coefficient (Wildman–Crippen LogP) is 4.68. The number of anilines is 1. The second-order valence-corrected chi connectivity index (χ2v) is 9.22. The molecule has 1 aliphatic heterocycles. The van der Waals surface area contributed by atoms with Crippen molar-refractivity contribution >= 4 is 23.4 Å². The van der Waals surface area contributed by atoms with Crippen LogP contribution in [0.3, 0.4) is 0 Å². The molecule has 1 N–H and O–H groups in total. The largest absolute Gasteiger partial charge is 0.493 e. The molecule has 0 saturated carbocycles. The monoisotopic (exact) mass is 467 g/mol. The Kier molecular flexibility index (Phi) is 7.57. The first-order valence-corrected chi connectivity index (χ1v) is 12.1. The molecule has 0 aliphatic carbocycles. The highest BCUT2D eigenvalue weighted by molar-refractivity contribution is 7.99. The van der Waals surface area contributed by atoms with Gasteiger partial charge in [0.25, 0.3) is 5.91 Å². The first kappa shape index (κ1) is 23.2. The van der Waals surface area contributed by atoms with Gasteiger partial charge < -0.3 is 19.3 Å². The summed E-state index contributed by atoms with van der Waals surface area (Å²) >= 11 is 2.01. The Balaban J connectivity index is 1.37. The minimum atomic E-state index is -0.202. The number of thioether (sulfide) groups is 1. The fraction of sp³-hybridized carbons (Fsp3) is 0.360. The molecule has 0 radical (unpaired) electrons. The van der Waals surface area contributed by atoms with E-state index in [0.29, 0.717) is 23.7 Å². The highest BCUT2D eigenvalue weighted by Gasteiger charge is 2.15. The Bertz CT molecular complexity index is 1070. The fourth-order valence-electron chi connectivity index (χ4n) is 3.70. The summed E-state index contributed by atoms with van der Waals surface area (Å²) in [7, 11) is 1.56. The summed E-state index contributed by atoms with van der Waals surface area (Å²) in [5, 5.41) is 6.90. The van der Waals surface area contributed by atoms with Gasteiger partial charge in [0.1, 0.15) is 12.4 Å². The number of carbonyl (C=O) groups excluding carboxylic acids is 1. The molecule has 1 saturated heterocycles. The number of ether oxygens (including phenoxy) is 2. The molecule has 0 spiro atoms. The topological polar surface area (TPSA) is 76.8 Å². The quantitative estimate of drug-likeness (QED) is 0.515. The van der Waals surface area contributed by atoms with Crippen LogP contribution in [0.5, 0.6) is 11.5 Å². The van der Waals surface area contributed by atoms with Crippen molar-refractivity contribution in [2.45, 2.75) is 27.0 Å². The maximum Gasteiger partial charge on any atom is 0.255 e. The molecule has 0 unspecified atom stereocenters. The summed E-state index contributed by atoms with van der Waals surface area (Å²) in [6, 6.07) is 13.2.